The molecule has 0 aromatic rings. The number of rotatable bonds is 4. The average molecular weight is 256 g/mol. The van der Waals surface area contributed by atoms with E-state index in [1.54, 1.807) is 0 Å². The van der Waals surface area contributed by atoms with Crippen LogP contribution >= 0.6 is 11.8 Å². The van der Waals surface area contributed by atoms with Gasteiger partial charge in [-0.2, -0.15) is 11.8 Å². The molecule has 2 rings (SSSR count). The van der Waals surface area contributed by atoms with Crippen molar-refractivity contribution in [1.29, 1.82) is 0 Å². The number of nitrogens with two attached hydrogens (primary N) is 1. The van der Waals surface area contributed by atoms with Crippen LogP contribution < -0.4 is 5.73 Å². The zero-order valence-electron chi connectivity index (χ0n) is 11.2. The van der Waals surface area contributed by atoms with E-state index in [1.807, 2.05) is 0 Å². The van der Waals surface area contributed by atoms with Crippen LogP contribution in [0.1, 0.15) is 45.4 Å². The second-order valence-corrected chi connectivity index (χ2v) is 6.70. The van der Waals surface area contributed by atoms with Crippen molar-refractivity contribution in [2.45, 2.75) is 57.5 Å². The lowest BCUT2D eigenvalue weighted by Gasteiger charge is -2.44. The summed E-state index contributed by atoms with van der Waals surface area (Å²) >= 11 is 2.15. The van der Waals surface area contributed by atoms with Crippen molar-refractivity contribution in [2.24, 2.45) is 11.7 Å². The summed E-state index contributed by atoms with van der Waals surface area (Å²) in [5.41, 5.74) is 5.98. The number of hydrogen-bond acceptors (Lipinski definition) is 3. The molecule has 17 heavy (non-hydrogen) atoms. The Morgan fingerprint density at radius 2 is 2.00 bits per heavy atom. The lowest BCUT2D eigenvalue weighted by molar-refractivity contribution is 0.0742. The highest BCUT2D eigenvalue weighted by molar-refractivity contribution is 7.99. The molecule has 0 amide bonds. The fraction of sp³-hybridized carbons (Fsp3) is 1.00. The first-order valence-corrected chi connectivity index (χ1v) is 8.55. The Labute approximate surface area is 111 Å². The van der Waals surface area contributed by atoms with Crippen molar-refractivity contribution in [1.82, 2.24) is 4.90 Å². The quantitative estimate of drug-likeness (QED) is 0.838. The second kappa shape index (κ2) is 7.01. The maximum Gasteiger partial charge on any atom is 0.0189 e. The van der Waals surface area contributed by atoms with E-state index in [0.29, 0.717) is 0 Å². The van der Waals surface area contributed by atoms with Crippen molar-refractivity contribution in [3.05, 3.63) is 0 Å². The van der Waals surface area contributed by atoms with E-state index < -0.39 is 0 Å². The minimum Gasteiger partial charge on any atom is -0.330 e. The van der Waals surface area contributed by atoms with Crippen LogP contribution in [0.5, 0.6) is 0 Å². The van der Waals surface area contributed by atoms with Crippen molar-refractivity contribution >= 4 is 11.8 Å². The SMILES string of the molecule is CCN(C1CCCSC1)C1CCCCC1CN. The lowest BCUT2D eigenvalue weighted by Crippen LogP contribution is -2.51. The molecule has 1 aliphatic carbocycles. The summed E-state index contributed by atoms with van der Waals surface area (Å²) in [4.78, 5) is 2.79. The predicted octanol–water partition coefficient (Wildman–Crippen LogP) is 2.72. The Morgan fingerprint density at radius 3 is 2.65 bits per heavy atom. The van der Waals surface area contributed by atoms with Gasteiger partial charge in [-0.3, -0.25) is 4.90 Å². The summed E-state index contributed by atoms with van der Waals surface area (Å²) < 4.78 is 0. The van der Waals surface area contributed by atoms with Gasteiger partial charge in [-0.25, -0.2) is 0 Å². The van der Waals surface area contributed by atoms with E-state index >= 15 is 0 Å². The molecule has 2 nitrogen and oxygen atoms in total. The molecule has 2 N–H and O–H groups in total. The Hall–Kier alpha value is 0.270. The van der Waals surface area contributed by atoms with Gasteiger partial charge < -0.3 is 5.73 Å². The molecule has 2 aliphatic rings. The molecule has 1 saturated carbocycles. The molecule has 0 spiro atoms. The van der Waals surface area contributed by atoms with E-state index in [2.05, 4.69) is 23.6 Å². The summed E-state index contributed by atoms with van der Waals surface area (Å²) in [6.45, 7) is 4.44. The molecule has 0 bridgehead atoms. The molecule has 2 fully saturated rings. The molecule has 1 heterocycles. The van der Waals surface area contributed by atoms with Crippen LogP contribution in [0.2, 0.25) is 0 Å². The molecule has 3 heteroatoms. The van der Waals surface area contributed by atoms with E-state index in [0.717, 1.165) is 24.5 Å². The average Bonchev–Trinajstić information content (AvgIpc) is 2.41. The number of hydrogen-bond donors (Lipinski definition) is 1. The van der Waals surface area contributed by atoms with E-state index in [9.17, 15) is 0 Å². The normalized spacial score (nSPS) is 35.1. The summed E-state index contributed by atoms with van der Waals surface area (Å²) in [5.74, 6) is 3.48. The molecule has 3 atom stereocenters. The summed E-state index contributed by atoms with van der Waals surface area (Å²) in [7, 11) is 0. The van der Waals surface area contributed by atoms with Crippen molar-refractivity contribution < 1.29 is 0 Å². The van der Waals surface area contributed by atoms with Crippen LogP contribution in [-0.4, -0.2) is 41.6 Å². The molecule has 0 aromatic carbocycles. The first-order chi connectivity index (χ1) is 8.36. The van der Waals surface area contributed by atoms with Gasteiger partial charge in [-0.15, -0.1) is 0 Å². The minimum absolute atomic E-state index is 0.760. The first kappa shape index (κ1) is 13.7. The van der Waals surface area contributed by atoms with Crippen LogP contribution in [0, 0.1) is 5.92 Å². The predicted molar refractivity (Wildman–Crippen MR) is 77.5 cm³/mol. The standard InChI is InChI=1S/C14H28N2S/c1-2-16(13-7-5-9-17-11-13)14-8-4-3-6-12(14)10-15/h12-14H,2-11,15H2,1H3. The molecule has 1 saturated heterocycles. The van der Waals surface area contributed by atoms with Crippen molar-refractivity contribution in [2.75, 3.05) is 24.6 Å². The van der Waals surface area contributed by atoms with Crippen LogP contribution in [-0.2, 0) is 0 Å². The molecular weight excluding hydrogens is 228 g/mol. The van der Waals surface area contributed by atoms with Gasteiger partial charge in [0.15, 0.2) is 0 Å². The monoisotopic (exact) mass is 256 g/mol. The van der Waals surface area contributed by atoms with Gasteiger partial charge >= 0.3 is 0 Å². The zero-order chi connectivity index (χ0) is 12.1. The van der Waals surface area contributed by atoms with E-state index in [-0.39, 0.29) is 0 Å². The fourth-order valence-corrected chi connectivity index (χ4v) is 4.82. The number of nitrogens with zero attached hydrogens (tertiary/aromatic N) is 1. The van der Waals surface area contributed by atoms with Crippen molar-refractivity contribution in [3.8, 4) is 0 Å². The first-order valence-electron chi connectivity index (χ1n) is 7.40. The molecule has 1 aliphatic heterocycles. The topological polar surface area (TPSA) is 29.3 Å². The van der Waals surface area contributed by atoms with Crippen molar-refractivity contribution in [3.63, 3.8) is 0 Å². The maximum absolute atomic E-state index is 5.98. The van der Waals surface area contributed by atoms with Gasteiger partial charge in [0.1, 0.15) is 0 Å². The van der Waals surface area contributed by atoms with E-state index in [1.165, 1.54) is 56.6 Å². The van der Waals surface area contributed by atoms with Gasteiger partial charge in [0.05, 0.1) is 0 Å². The summed E-state index contributed by atoms with van der Waals surface area (Å²) in [5, 5.41) is 0. The minimum atomic E-state index is 0.760. The Kier molecular flexibility index (Phi) is 5.64. The van der Waals surface area contributed by atoms with Gasteiger partial charge in [0.2, 0.25) is 0 Å². The Bertz CT molecular complexity index is 216. The highest BCUT2D eigenvalue weighted by Gasteiger charge is 2.32. The fourth-order valence-electron chi connectivity index (χ4n) is 3.65. The molecule has 3 unspecified atom stereocenters. The maximum atomic E-state index is 5.98. The smallest absolute Gasteiger partial charge is 0.0189 e. The van der Waals surface area contributed by atoms with Crippen LogP contribution in [0.25, 0.3) is 0 Å². The Morgan fingerprint density at radius 1 is 1.18 bits per heavy atom. The largest absolute Gasteiger partial charge is 0.330 e. The zero-order valence-corrected chi connectivity index (χ0v) is 12.1. The highest BCUT2D eigenvalue weighted by atomic mass is 32.2. The third-order valence-corrected chi connectivity index (χ3v) is 5.77. The second-order valence-electron chi connectivity index (χ2n) is 5.55. The van der Waals surface area contributed by atoms with Gasteiger partial charge in [-0.1, -0.05) is 19.8 Å². The highest BCUT2D eigenvalue weighted by Crippen LogP contribution is 2.32. The third-order valence-electron chi connectivity index (χ3n) is 4.57. The van der Waals surface area contributed by atoms with Crippen LogP contribution in [0.3, 0.4) is 0 Å². The van der Waals surface area contributed by atoms with Crippen LogP contribution in [0.4, 0.5) is 0 Å². The van der Waals surface area contributed by atoms with E-state index in [4.69, 9.17) is 5.73 Å². The van der Waals surface area contributed by atoms with Gasteiger partial charge in [0, 0.05) is 17.8 Å². The summed E-state index contributed by atoms with van der Waals surface area (Å²) in [6, 6.07) is 1.61. The molecular formula is C14H28N2S. The van der Waals surface area contributed by atoms with Gasteiger partial charge in [-0.05, 0) is 50.4 Å². The summed E-state index contributed by atoms with van der Waals surface area (Å²) in [6.07, 6.45) is 8.38. The molecule has 0 radical (unpaired) electrons. The number of thioether (sulfide) groups is 1. The van der Waals surface area contributed by atoms with Gasteiger partial charge in [0.25, 0.3) is 0 Å². The lowest BCUT2D eigenvalue weighted by atomic mass is 9.82. The Balaban J connectivity index is 1.99. The van der Waals surface area contributed by atoms with Crippen LogP contribution in [0.15, 0.2) is 0 Å². The third kappa shape index (κ3) is 3.39. The molecule has 100 valence electrons. The molecule has 0 aromatic heterocycles.